The van der Waals surface area contributed by atoms with E-state index in [9.17, 15) is 4.39 Å². The average molecular weight is 253 g/mol. The smallest absolute Gasteiger partial charge is 0.223 e. The van der Waals surface area contributed by atoms with Gasteiger partial charge in [0.25, 0.3) is 0 Å². The van der Waals surface area contributed by atoms with Gasteiger partial charge in [-0.15, -0.1) is 0 Å². The normalized spacial score (nSPS) is 10.5. The number of hydrogen-bond acceptors (Lipinski definition) is 5. The second-order valence-electron chi connectivity index (χ2n) is 3.30. The molecule has 0 bridgehead atoms. The molecule has 17 heavy (non-hydrogen) atoms. The van der Waals surface area contributed by atoms with Crippen molar-refractivity contribution in [3.63, 3.8) is 0 Å². The fourth-order valence-corrected chi connectivity index (χ4v) is 1.98. The molecule has 0 amide bonds. The number of hydrogen-bond donors (Lipinski definition) is 1. The Morgan fingerprint density at radius 1 is 1.47 bits per heavy atom. The predicted octanol–water partition coefficient (Wildman–Crippen LogP) is 1.93. The predicted molar refractivity (Wildman–Crippen MR) is 63.5 cm³/mol. The van der Waals surface area contributed by atoms with Crippen molar-refractivity contribution < 1.29 is 4.39 Å². The van der Waals surface area contributed by atoms with Gasteiger partial charge in [0.15, 0.2) is 11.0 Å². The highest BCUT2D eigenvalue weighted by Gasteiger charge is 2.11. The molecular formula is C10H12FN5S. The summed E-state index contributed by atoms with van der Waals surface area (Å²) in [6.07, 6.45) is 4.62. The Labute approximate surface area is 102 Å². The number of nitrogens with one attached hydrogen (secondary N) is 1. The van der Waals surface area contributed by atoms with E-state index >= 15 is 0 Å². The van der Waals surface area contributed by atoms with Crippen molar-refractivity contribution in [1.82, 2.24) is 19.5 Å². The highest BCUT2D eigenvalue weighted by Crippen LogP contribution is 2.26. The molecule has 0 aliphatic carbocycles. The zero-order valence-corrected chi connectivity index (χ0v) is 10.3. The van der Waals surface area contributed by atoms with Gasteiger partial charge >= 0.3 is 0 Å². The molecule has 0 spiro atoms. The third kappa shape index (κ3) is 2.73. The SMILES string of the molecule is CCNc1ncc(F)c(Sc2nccn2C)n1. The van der Waals surface area contributed by atoms with Crippen molar-refractivity contribution in [2.75, 3.05) is 11.9 Å². The van der Waals surface area contributed by atoms with Crippen molar-refractivity contribution in [2.24, 2.45) is 7.05 Å². The molecule has 0 saturated carbocycles. The third-order valence-corrected chi connectivity index (χ3v) is 3.07. The molecule has 2 aromatic rings. The zero-order valence-electron chi connectivity index (χ0n) is 9.51. The lowest BCUT2D eigenvalue weighted by atomic mass is 10.6. The molecule has 0 unspecified atom stereocenters. The quantitative estimate of drug-likeness (QED) is 0.844. The Balaban J connectivity index is 2.25. The summed E-state index contributed by atoms with van der Waals surface area (Å²) < 4.78 is 15.3. The summed E-state index contributed by atoms with van der Waals surface area (Å²) in [5, 5.41) is 3.89. The van der Waals surface area contributed by atoms with Crippen LogP contribution in [0.3, 0.4) is 0 Å². The van der Waals surface area contributed by atoms with Crippen LogP contribution in [0.5, 0.6) is 0 Å². The van der Waals surface area contributed by atoms with E-state index in [4.69, 9.17) is 0 Å². The maximum Gasteiger partial charge on any atom is 0.223 e. The van der Waals surface area contributed by atoms with Crippen LogP contribution in [0.4, 0.5) is 10.3 Å². The Kier molecular flexibility index (Phi) is 3.58. The lowest BCUT2D eigenvalue weighted by Crippen LogP contribution is -2.04. The summed E-state index contributed by atoms with van der Waals surface area (Å²) >= 11 is 1.17. The van der Waals surface area contributed by atoms with Gasteiger partial charge in [-0.2, -0.15) is 0 Å². The molecule has 0 saturated heterocycles. The van der Waals surface area contributed by atoms with Crippen LogP contribution in [0.2, 0.25) is 0 Å². The first-order valence-electron chi connectivity index (χ1n) is 5.12. The van der Waals surface area contributed by atoms with Crippen molar-refractivity contribution in [1.29, 1.82) is 0 Å². The first kappa shape index (κ1) is 11.8. The lowest BCUT2D eigenvalue weighted by Gasteiger charge is -2.05. The van der Waals surface area contributed by atoms with Crippen molar-refractivity contribution in [3.8, 4) is 0 Å². The summed E-state index contributed by atoms with van der Waals surface area (Å²) in [6, 6.07) is 0. The van der Waals surface area contributed by atoms with Crippen LogP contribution in [-0.2, 0) is 7.05 Å². The molecule has 2 heterocycles. The molecule has 0 fully saturated rings. The largest absolute Gasteiger partial charge is 0.354 e. The van der Waals surface area contributed by atoms with E-state index in [1.807, 2.05) is 14.0 Å². The fraction of sp³-hybridized carbons (Fsp3) is 0.300. The second-order valence-corrected chi connectivity index (χ2v) is 4.26. The van der Waals surface area contributed by atoms with Gasteiger partial charge < -0.3 is 9.88 Å². The van der Waals surface area contributed by atoms with Gasteiger partial charge in [-0.25, -0.2) is 19.3 Å². The standard InChI is InChI=1S/C10H12FN5S/c1-3-12-9-14-6-7(11)8(15-9)17-10-13-4-5-16(10)2/h4-6H,3H2,1-2H3,(H,12,14,15). The molecule has 90 valence electrons. The third-order valence-electron chi connectivity index (χ3n) is 2.01. The average Bonchev–Trinajstić information content (AvgIpc) is 2.70. The monoisotopic (exact) mass is 253 g/mol. The van der Waals surface area contributed by atoms with Gasteiger partial charge in [-0.05, 0) is 18.7 Å². The van der Waals surface area contributed by atoms with Crippen LogP contribution in [-0.4, -0.2) is 26.1 Å². The van der Waals surface area contributed by atoms with E-state index in [2.05, 4.69) is 20.3 Å². The number of aromatic nitrogens is 4. The molecule has 2 aromatic heterocycles. The number of nitrogens with zero attached hydrogens (tertiary/aromatic N) is 4. The van der Waals surface area contributed by atoms with Crippen LogP contribution in [0.15, 0.2) is 28.8 Å². The highest BCUT2D eigenvalue weighted by molar-refractivity contribution is 7.99. The topological polar surface area (TPSA) is 55.6 Å². The maximum atomic E-state index is 13.5. The molecule has 0 aliphatic rings. The lowest BCUT2D eigenvalue weighted by molar-refractivity contribution is 0.579. The molecular weight excluding hydrogens is 241 g/mol. The summed E-state index contributed by atoms with van der Waals surface area (Å²) in [5.41, 5.74) is 0. The Hall–Kier alpha value is -1.63. The number of halogens is 1. The molecule has 0 aromatic carbocycles. The van der Waals surface area contributed by atoms with E-state index in [-0.39, 0.29) is 5.03 Å². The van der Waals surface area contributed by atoms with Gasteiger partial charge in [-0.3, -0.25) is 0 Å². The summed E-state index contributed by atoms with van der Waals surface area (Å²) in [5.74, 6) is -0.0229. The molecule has 2 rings (SSSR count). The first-order chi connectivity index (χ1) is 8.20. The minimum atomic E-state index is -0.445. The Morgan fingerprint density at radius 2 is 2.29 bits per heavy atom. The minimum Gasteiger partial charge on any atom is -0.354 e. The van der Waals surface area contributed by atoms with E-state index in [1.54, 1.807) is 17.0 Å². The van der Waals surface area contributed by atoms with Crippen molar-refractivity contribution >= 4 is 17.7 Å². The van der Waals surface area contributed by atoms with Crippen LogP contribution in [0.25, 0.3) is 0 Å². The summed E-state index contributed by atoms with van der Waals surface area (Å²) in [7, 11) is 1.85. The number of rotatable bonds is 4. The van der Waals surface area contributed by atoms with Gasteiger partial charge in [0.05, 0.1) is 6.20 Å². The van der Waals surface area contributed by atoms with E-state index < -0.39 is 5.82 Å². The van der Waals surface area contributed by atoms with E-state index in [0.29, 0.717) is 17.6 Å². The van der Waals surface area contributed by atoms with Gasteiger partial charge in [0.2, 0.25) is 5.95 Å². The summed E-state index contributed by atoms with van der Waals surface area (Å²) in [4.78, 5) is 12.0. The van der Waals surface area contributed by atoms with Crippen LogP contribution < -0.4 is 5.32 Å². The Bertz CT molecular complexity index is 513. The minimum absolute atomic E-state index is 0.269. The van der Waals surface area contributed by atoms with Gasteiger partial charge in [-0.1, -0.05) is 0 Å². The van der Waals surface area contributed by atoms with Crippen LogP contribution in [0, 0.1) is 5.82 Å². The highest BCUT2D eigenvalue weighted by atomic mass is 32.2. The van der Waals surface area contributed by atoms with E-state index in [1.165, 1.54) is 11.8 Å². The fourth-order valence-electron chi connectivity index (χ4n) is 1.20. The second kappa shape index (κ2) is 5.13. The van der Waals surface area contributed by atoms with Crippen molar-refractivity contribution in [2.45, 2.75) is 17.1 Å². The first-order valence-corrected chi connectivity index (χ1v) is 5.94. The molecule has 7 heteroatoms. The summed E-state index contributed by atoms with van der Waals surface area (Å²) in [6.45, 7) is 2.62. The van der Waals surface area contributed by atoms with Crippen LogP contribution in [0.1, 0.15) is 6.92 Å². The molecule has 5 nitrogen and oxygen atoms in total. The van der Waals surface area contributed by atoms with Crippen LogP contribution >= 0.6 is 11.8 Å². The van der Waals surface area contributed by atoms with Gasteiger partial charge in [0.1, 0.15) is 5.03 Å². The number of imidazole rings is 1. The van der Waals surface area contributed by atoms with Crippen molar-refractivity contribution in [3.05, 3.63) is 24.4 Å². The van der Waals surface area contributed by atoms with E-state index in [0.717, 1.165) is 6.20 Å². The molecule has 0 radical (unpaired) electrons. The zero-order chi connectivity index (χ0) is 12.3. The molecule has 0 atom stereocenters. The maximum absolute atomic E-state index is 13.5. The number of anilines is 1. The van der Waals surface area contributed by atoms with Gasteiger partial charge in [0, 0.05) is 26.0 Å². The number of aryl methyl sites for hydroxylation is 1. The molecule has 1 N–H and O–H groups in total. The Morgan fingerprint density at radius 3 is 2.94 bits per heavy atom. The molecule has 0 aliphatic heterocycles.